The number of hydrogen-bond donors (Lipinski definition) is 0. The summed E-state index contributed by atoms with van der Waals surface area (Å²) in [5.41, 5.74) is -0.640. The molecule has 0 bridgehead atoms. The van der Waals surface area contributed by atoms with E-state index in [0.717, 1.165) is 4.57 Å². The molecule has 0 saturated heterocycles. The fourth-order valence-corrected chi connectivity index (χ4v) is 6.16. The lowest BCUT2D eigenvalue weighted by molar-refractivity contribution is 0.367. The second-order valence-corrected chi connectivity index (χ2v) is 11.2. The van der Waals surface area contributed by atoms with Crippen molar-refractivity contribution in [3.8, 4) is 0 Å². The van der Waals surface area contributed by atoms with E-state index in [2.05, 4.69) is 10.1 Å². The van der Waals surface area contributed by atoms with Crippen LogP contribution in [0.15, 0.2) is 55.8 Å². The lowest BCUT2D eigenvalue weighted by Gasteiger charge is -2.15. The Hall–Kier alpha value is -3.54. The van der Waals surface area contributed by atoms with Crippen molar-refractivity contribution in [2.45, 2.75) is 37.8 Å². The molecule has 0 N–H and O–H groups in total. The Morgan fingerprint density at radius 2 is 1.94 bits per heavy atom. The van der Waals surface area contributed by atoms with Crippen molar-refractivity contribution in [1.29, 1.82) is 0 Å². The number of aromatic nitrogens is 5. The largest absolute Gasteiger partial charge is 0.449 e. The molecule has 1 aliphatic rings. The Labute approximate surface area is 199 Å². The van der Waals surface area contributed by atoms with Crippen LogP contribution < -0.4 is 11.2 Å². The first-order valence-corrected chi connectivity index (χ1v) is 12.7. The maximum absolute atomic E-state index is 13.4. The van der Waals surface area contributed by atoms with E-state index in [1.54, 1.807) is 31.0 Å². The zero-order chi connectivity index (χ0) is 25.0. The summed E-state index contributed by atoms with van der Waals surface area (Å²) in [5, 5.41) is 4.15. The second kappa shape index (κ2) is 8.29. The summed E-state index contributed by atoms with van der Waals surface area (Å²) in [7, 11) is -2.12. The van der Waals surface area contributed by atoms with Gasteiger partial charge in [0.2, 0.25) is 0 Å². The Balaban J connectivity index is 1.68. The minimum atomic E-state index is -3.84. The SMILES string of the molecule is Cc1nc(Cn2c(=O)n(Cc3cnn(C)c3)c(=O)c3cc(S(=O)(=O)CC4(CF)CC4)ccc32)co1. The number of benzene rings is 1. The van der Waals surface area contributed by atoms with E-state index in [4.69, 9.17) is 4.42 Å². The molecule has 0 aliphatic heterocycles. The van der Waals surface area contributed by atoms with Gasteiger partial charge in [-0.3, -0.25) is 23.0 Å². The molecule has 1 saturated carbocycles. The summed E-state index contributed by atoms with van der Waals surface area (Å²) in [6.45, 7) is 0.960. The molecule has 4 aromatic rings. The van der Waals surface area contributed by atoms with Gasteiger partial charge in [-0.05, 0) is 31.0 Å². The number of rotatable bonds is 8. The molecule has 1 aromatic carbocycles. The molecule has 3 heterocycles. The van der Waals surface area contributed by atoms with Crippen molar-refractivity contribution in [2.24, 2.45) is 12.5 Å². The Morgan fingerprint density at radius 1 is 1.17 bits per heavy atom. The van der Waals surface area contributed by atoms with E-state index in [9.17, 15) is 22.4 Å². The average molecular weight is 502 g/mol. The molecule has 0 spiro atoms. The van der Waals surface area contributed by atoms with Crippen molar-refractivity contribution < 1.29 is 17.2 Å². The van der Waals surface area contributed by atoms with E-state index in [-0.39, 0.29) is 34.6 Å². The van der Waals surface area contributed by atoms with Gasteiger partial charge >= 0.3 is 5.69 Å². The first-order chi connectivity index (χ1) is 16.6. The Kier molecular flexibility index (Phi) is 5.50. The van der Waals surface area contributed by atoms with Crippen LogP contribution in [0.2, 0.25) is 0 Å². The number of nitrogens with zero attached hydrogens (tertiary/aromatic N) is 5. The third-order valence-corrected chi connectivity index (χ3v) is 8.34. The minimum Gasteiger partial charge on any atom is -0.449 e. The molecule has 3 aromatic heterocycles. The number of fused-ring (bicyclic) bond motifs is 1. The smallest absolute Gasteiger partial charge is 0.332 e. The topological polar surface area (TPSA) is 122 Å². The van der Waals surface area contributed by atoms with Crippen LogP contribution in [-0.4, -0.2) is 44.7 Å². The molecule has 5 rings (SSSR count). The highest BCUT2D eigenvalue weighted by Gasteiger charge is 2.46. The van der Waals surface area contributed by atoms with Crippen LogP contribution in [0.5, 0.6) is 0 Å². The van der Waals surface area contributed by atoms with Crippen LogP contribution in [0.3, 0.4) is 0 Å². The number of oxazole rings is 1. The molecule has 0 radical (unpaired) electrons. The van der Waals surface area contributed by atoms with Gasteiger partial charge in [-0.15, -0.1) is 0 Å². The molecule has 0 unspecified atom stereocenters. The van der Waals surface area contributed by atoms with Crippen molar-refractivity contribution in [3.63, 3.8) is 0 Å². The molecule has 1 aliphatic carbocycles. The van der Waals surface area contributed by atoms with Crippen LogP contribution >= 0.6 is 0 Å². The first-order valence-electron chi connectivity index (χ1n) is 11.1. The van der Waals surface area contributed by atoms with Crippen LogP contribution in [0.25, 0.3) is 10.9 Å². The molecule has 0 atom stereocenters. The van der Waals surface area contributed by atoms with Gasteiger partial charge in [0.25, 0.3) is 5.56 Å². The van der Waals surface area contributed by atoms with Crippen molar-refractivity contribution in [3.05, 3.63) is 74.8 Å². The monoisotopic (exact) mass is 501 g/mol. The lowest BCUT2D eigenvalue weighted by atomic mass is 10.2. The fourth-order valence-electron chi connectivity index (χ4n) is 4.25. The van der Waals surface area contributed by atoms with Gasteiger partial charge in [-0.25, -0.2) is 18.2 Å². The van der Waals surface area contributed by atoms with Crippen LogP contribution in [0, 0.1) is 12.3 Å². The van der Waals surface area contributed by atoms with Gasteiger partial charge in [0.1, 0.15) is 6.26 Å². The van der Waals surface area contributed by atoms with E-state index in [0.29, 0.717) is 30.0 Å². The van der Waals surface area contributed by atoms with E-state index >= 15 is 0 Å². The van der Waals surface area contributed by atoms with Crippen LogP contribution in [-0.2, 0) is 30.0 Å². The molecule has 35 heavy (non-hydrogen) atoms. The number of sulfone groups is 1. The zero-order valence-electron chi connectivity index (χ0n) is 19.3. The van der Waals surface area contributed by atoms with E-state index in [1.807, 2.05) is 0 Å². The van der Waals surface area contributed by atoms with Crippen LogP contribution in [0.1, 0.15) is 30.0 Å². The van der Waals surface area contributed by atoms with E-state index in [1.165, 1.54) is 29.0 Å². The van der Waals surface area contributed by atoms with Crippen molar-refractivity contribution >= 4 is 20.7 Å². The molecule has 1 fully saturated rings. The molecular weight excluding hydrogens is 477 g/mol. The zero-order valence-corrected chi connectivity index (χ0v) is 20.1. The number of aryl methyl sites for hydroxylation is 2. The number of halogens is 1. The van der Waals surface area contributed by atoms with Gasteiger partial charge in [-0.2, -0.15) is 5.10 Å². The third-order valence-electron chi connectivity index (χ3n) is 6.38. The van der Waals surface area contributed by atoms with Gasteiger partial charge < -0.3 is 4.42 Å². The van der Waals surface area contributed by atoms with Gasteiger partial charge in [0.15, 0.2) is 15.7 Å². The van der Waals surface area contributed by atoms with Gasteiger partial charge in [0, 0.05) is 31.1 Å². The van der Waals surface area contributed by atoms with Crippen LogP contribution in [0.4, 0.5) is 4.39 Å². The third kappa shape index (κ3) is 4.33. The number of hydrogen-bond acceptors (Lipinski definition) is 7. The lowest BCUT2D eigenvalue weighted by Crippen LogP contribution is -2.40. The standard InChI is InChI=1S/C23H24FN5O5S/c1-15-26-17(12-34-15)11-28-20-4-3-18(35(32,33)14-23(13-24)5-6-23)7-19(20)21(30)29(22(28)31)10-16-8-25-27(2)9-16/h3-4,7-9,12H,5-6,10-11,13-14H2,1-2H3. The molecule has 10 nitrogen and oxygen atoms in total. The highest BCUT2D eigenvalue weighted by Crippen LogP contribution is 2.47. The molecular formula is C23H24FN5O5S. The summed E-state index contributed by atoms with van der Waals surface area (Å²) in [4.78, 5) is 31.0. The maximum atomic E-state index is 13.4. The Bertz CT molecular complexity index is 1660. The van der Waals surface area contributed by atoms with E-state index < -0.39 is 33.2 Å². The summed E-state index contributed by atoms with van der Waals surface area (Å²) in [6, 6.07) is 4.09. The summed E-state index contributed by atoms with van der Waals surface area (Å²) in [5.74, 6) is 0.111. The second-order valence-electron chi connectivity index (χ2n) is 9.21. The predicted octanol–water partition coefficient (Wildman–Crippen LogP) is 1.81. The Morgan fingerprint density at radius 3 is 2.54 bits per heavy atom. The summed E-state index contributed by atoms with van der Waals surface area (Å²) in [6.07, 6.45) is 5.70. The average Bonchev–Trinajstić information content (AvgIpc) is 3.26. The van der Waals surface area contributed by atoms with Gasteiger partial charge in [0.05, 0.1) is 53.2 Å². The summed E-state index contributed by atoms with van der Waals surface area (Å²) < 4.78 is 48.7. The van der Waals surface area contributed by atoms with Crippen molar-refractivity contribution in [1.82, 2.24) is 23.9 Å². The molecule has 0 amide bonds. The highest BCUT2D eigenvalue weighted by atomic mass is 32.2. The fraction of sp³-hybridized carbons (Fsp3) is 0.391. The molecule has 12 heteroatoms. The highest BCUT2D eigenvalue weighted by molar-refractivity contribution is 7.91. The quantitative estimate of drug-likeness (QED) is 0.361. The van der Waals surface area contributed by atoms with Crippen molar-refractivity contribution in [2.75, 3.05) is 12.4 Å². The number of alkyl halides is 1. The van der Waals surface area contributed by atoms with Gasteiger partial charge in [-0.1, -0.05) is 0 Å². The molecule has 184 valence electrons. The maximum Gasteiger partial charge on any atom is 0.332 e. The normalized spacial score (nSPS) is 15.1. The minimum absolute atomic E-state index is 0.0249. The predicted molar refractivity (Wildman–Crippen MR) is 125 cm³/mol. The first kappa shape index (κ1) is 23.2. The summed E-state index contributed by atoms with van der Waals surface area (Å²) >= 11 is 0.